The van der Waals surface area contributed by atoms with Crippen LogP contribution in [0.15, 0.2) is 11.4 Å². The van der Waals surface area contributed by atoms with Crippen molar-refractivity contribution in [3.8, 4) is 0 Å². The van der Waals surface area contributed by atoms with Gasteiger partial charge in [-0.25, -0.2) is 23.2 Å². The second kappa shape index (κ2) is 4.98. The highest BCUT2D eigenvalue weighted by Crippen LogP contribution is 2.44. The average Bonchev–Trinajstić information content (AvgIpc) is 3.18. The van der Waals surface area contributed by atoms with Gasteiger partial charge < -0.3 is 4.90 Å². The van der Waals surface area contributed by atoms with Crippen molar-refractivity contribution in [2.45, 2.75) is 55.3 Å². The van der Waals surface area contributed by atoms with Gasteiger partial charge in [0.15, 0.2) is 5.54 Å². The fourth-order valence-electron chi connectivity index (χ4n) is 4.35. The number of hydrogen-bond donors (Lipinski definition) is 1. The van der Waals surface area contributed by atoms with Crippen LogP contribution < -0.4 is 10.2 Å². The summed E-state index contributed by atoms with van der Waals surface area (Å²) in [6.07, 6.45) is 8.46. The van der Waals surface area contributed by atoms with Crippen molar-refractivity contribution < 1.29 is 18.5 Å². The summed E-state index contributed by atoms with van der Waals surface area (Å²) < 4.78 is 23.6. The van der Waals surface area contributed by atoms with E-state index >= 15 is 0 Å². The number of sulfone groups is 1. The molecule has 1 unspecified atom stereocenters. The van der Waals surface area contributed by atoms with Crippen LogP contribution in [0.4, 0.5) is 5.82 Å². The Bertz CT molecular complexity index is 773. The summed E-state index contributed by atoms with van der Waals surface area (Å²) in [5, 5.41) is 1.63. The van der Waals surface area contributed by atoms with Gasteiger partial charge in [0, 0.05) is 36.9 Å². The number of anilines is 1. The number of aromatic nitrogens is 2. The third-order valence-corrected chi connectivity index (χ3v) is 6.22. The van der Waals surface area contributed by atoms with Crippen LogP contribution in [0.1, 0.15) is 37.7 Å². The maximum atomic E-state index is 12.7. The molecule has 0 radical (unpaired) electrons. The van der Waals surface area contributed by atoms with Crippen LogP contribution in [0.3, 0.4) is 0 Å². The molecule has 7 nitrogen and oxygen atoms in total. The summed E-state index contributed by atoms with van der Waals surface area (Å²) in [5.74, 6) is 0.819. The van der Waals surface area contributed by atoms with Crippen molar-refractivity contribution in [3.05, 3.63) is 11.8 Å². The number of carbonyl (C=O) groups excluding carboxylic acids is 1. The van der Waals surface area contributed by atoms with E-state index in [1.807, 2.05) is 0 Å². The predicted molar refractivity (Wildman–Crippen MR) is 82.7 cm³/mol. The highest BCUT2D eigenvalue weighted by atomic mass is 32.2. The van der Waals surface area contributed by atoms with E-state index in [0.717, 1.165) is 50.5 Å². The number of hydrogen-bond acceptors (Lipinski definition) is 6. The number of nitrogens with two attached hydrogens (primary N) is 1. The zero-order valence-electron chi connectivity index (χ0n) is 13.2. The van der Waals surface area contributed by atoms with Crippen molar-refractivity contribution >= 4 is 21.6 Å². The molecular weight excluding hydrogens is 316 g/mol. The molecule has 3 heterocycles. The lowest BCUT2D eigenvalue weighted by Crippen LogP contribution is -2.88. The van der Waals surface area contributed by atoms with Gasteiger partial charge in [-0.05, 0) is 12.8 Å². The Labute approximate surface area is 135 Å². The Morgan fingerprint density at radius 3 is 2.70 bits per heavy atom. The Balaban J connectivity index is 1.86. The van der Waals surface area contributed by atoms with E-state index in [0.29, 0.717) is 12.2 Å². The summed E-state index contributed by atoms with van der Waals surface area (Å²) in [5.41, 5.74) is 0.343. The molecule has 1 aromatic rings. The Morgan fingerprint density at radius 2 is 2.09 bits per heavy atom. The largest absolute Gasteiger partial charge is 0.336 e. The number of amides is 1. The van der Waals surface area contributed by atoms with Crippen molar-refractivity contribution in [1.29, 1.82) is 0 Å². The number of rotatable bonds is 2. The summed E-state index contributed by atoms with van der Waals surface area (Å²) in [6.45, 7) is 0.780. The Morgan fingerprint density at radius 1 is 1.35 bits per heavy atom. The first-order chi connectivity index (χ1) is 10.9. The van der Waals surface area contributed by atoms with Crippen molar-refractivity contribution in [1.82, 2.24) is 9.97 Å². The molecule has 3 aliphatic rings. The van der Waals surface area contributed by atoms with Crippen LogP contribution in [-0.2, 0) is 21.1 Å². The molecular formula is C15H21N4O3S+. The van der Waals surface area contributed by atoms with Gasteiger partial charge >= 0.3 is 5.91 Å². The van der Waals surface area contributed by atoms with E-state index in [-0.39, 0.29) is 17.1 Å². The summed E-state index contributed by atoms with van der Waals surface area (Å²) in [4.78, 5) is 23.2. The van der Waals surface area contributed by atoms with E-state index in [1.54, 1.807) is 11.5 Å². The summed E-state index contributed by atoms with van der Waals surface area (Å²) >= 11 is 0. The van der Waals surface area contributed by atoms with E-state index in [1.165, 1.54) is 0 Å². The third-order valence-electron chi connectivity index (χ3n) is 5.36. The first-order valence-corrected chi connectivity index (χ1v) is 10.0. The first-order valence-electron chi connectivity index (χ1n) is 8.15. The lowest BCUT2D eigenvalue weighted by atomic mass is 9.91. The van der Waals surface area contributed by atoms with Gasteiger partial charge in [-0.1, -0.05) is 12.8 Å². The van der Waals surface area contributed by atoms with E-state index in [9.17, 15) is 13.2 Å². The minimum Gasteiger partial charge on any atom is -0.335 e. The maximum absolute atomic E-state index is 12.7. The van der Waals surface area contributed by atoms with Gasteiger partial charge in [-0.3, -0.25) is 5.32 Å². The summed E-state index contributed by atoms with van der Waals surface area (Å²) in [7, 11) is -3.46. The van der Waals surface area contributed by atoms with E-state index in [4.69, 9.17) is 0 Å². The van der Waals surface area contributed by atoms with E-state index in [2.05, 4.69) is 14.9 Å². The molecule has 124 valence electrons. The topological polar surface area (TPSA) is 96.8 Å². The number of carbonyl (C=O) groups is 1. The fraction of sp³-hybridized carbons (Fsp3) is 0.667. The van der Waals surface area contributed by atoms with Crippen LogP contribution in [0.2, 0.25) is 0 Å². The lowest BCUT2D eigenvalue weighted by Gasteiger charge is -2.37. The fourth-order valence-corrected chi connectivity index (χ4v) is 4.85. The van der Waals surface area contributed by atoms with Gasteiger partial charge in [0.2, 0.25) is 15.0 Å². The average molecular weight is 337 g/mol. The predicted octanol–water partition coefficient (Wildman–Crippen LogP) is -0.582. The quantitative estimate of drug-likeness (QED) is 0.725. The highest BCUT2D eigenvalue weighted by Gasteiger charge is 2.58. The smallest absolute Gasteiger partial charge is 0.335 e. The van der Waals surface area contributed by atoms with Crippen LogP contribution in [0.5, 0.6) is 0 Å². The zero-order chi connectivity index (χ0) is 16.2. The number of fused-ring (bicyclic) bond motifs is 1. The van der Waals surface area contributed by atoms with Crippen molar-refractivity contribution in [2.75, 3.05) is 17.7 Å². The van der Waals surface area contributed by atoms with Gasteiger partial charge in [-0.2, -0.15) is 0 Å². The van der Waals surface area contributed by atoms with Gasteiger partial charge in [0.25, 0.3) is 0 Å². The second-order valence-electron chi connectivity index (χ2n) is 6.90. The molecule has 0 bridgehead atoms. The van der Waals surface area contributed by atoms with Crippen LogP contribution in [0, 0.1) is 0 Å². The molecule has 0 aromatic carbocycles. The van der Waals surface area contributed by atoms with Gasteiger partial charge in [0.1, 0.15) is 5.82 Å². The molecule has 4 rings (SSSR count). The van der Waals surface area contributed by atoms with Gasteiger partial charge in [-0.15, -0.1) is 0 Å². The first kappa shape index (κ1) is 15.0. The minimum absolute atomic E-state index is 0.147. The standard InChI is InChI=1S/C15H20N4O3S/c1-23(21,22)14-17-9-10-8-15(6-7-16-13(15)20)19(12(10)18-14)11-4-2-3-5-11/h9,11H,2-8H2,1H3,(H,16,20)/p+1. The number of quaternary nitrogens is 1. The molecule has 23 heavy (non-hydrogen) atoms. The monoisotopic (exact) mass is 337 g/mol. The molecule has 1 aromatic heterocycles. The van der Waals surface area contributed by atoms with E-state index < -0.39 is 15.4 Å². The zero-order valence-corrected chi connectivity index (χ0v) is 14.0. The molecule has 1 saturated heterocycles. The Hall–Kier alpha value is -1.54. The minimum atomic E-state index is -3.46. The Kier molecular flexibility index (Phi) is 3.25. The molecule has 2 aliphatic heterocycles. The van der Waals surface area contributed by atoms with Crippen LogP contribution in [0.25, 0.3) is 0 Å². The molecule has 1 saturated carbocycles. The van der Waals surface area contributed by atoms with Crippen molar-refractivity contribution in [2.24, 2.45) is 0 Å². The lowest BCUT2D eigenvalue weighted by molar-refractivity contribution is -0.555. The van der Waals surface area contributed by atoms with Crippen LogP contribution in [-0.4, -0.2) is 48.7 Å². The summed E-state index contributed by atoms with van der Waals surface area (Å²) in [6, 6.07) is 0.272. The highest BCUT2D eigenvalue weighted by molar-refractivity contribution is 7.90. The maximum Gasteiger partial charge on any atom is 0.336 e. The molecule has 1 spiro atoms. The number of nitrogens with zero attached hydrogens (tertiary/aromatic N) is 3. The third kappa shape index (κ3) is 2.19. The second-order valence-corrected chi connectivity index (χ2v) is 8.81. The molecule has 2 fully saturated rings. The normalized spacial score (nSPS) is 28.0. The molecule has 1 atom stereocenters. The molecule has 2 N–H and O–H groups in total. The molecule has 1 amide bonds. The SMILES string of the molecule is CS(=O)(=O)c1ncc2c(n1)N(C1CCCC1)C1(CC[NH2+]C1=O)C2. The van der Waals surface area contributed by atoms with Crippen molar-refractivity contribution in [3.63, 3.8) is 0 Å². The molecule has 8 heteroatoms. The molecule has 1 aliphatic carbocycles. The van der Waals surface area contributed by atoms with Gasteiger partial charge in [0.05, 0.1) is 6.54 Å². The van der Waals surface area contributed by atoms with Crippen LogP contribution >= 0.6 is 0 Å². The number of primary amides is 1.